The van der Waals surface area contributed by atoms with Crippen molar-refractivity contribution in [1.29, 1.82) is 0 Å². The van der Waals surface area contributed by atoms with E-state index in [9.17, 15) is 9.90 Å². The molecule has 0 spiro atoms. The Morgan fingerprint density at radius 1 is 1.30 bits per heavy atom. The fourth-order valence-corrected chi connectivity index (χ4v) is 2.49. The molecule has 2 aromatic heterocycles. The number of rotatable bonds is 5. The van der Waals surface area contributed by atoms with E-state index in [0.717, 1.165) is 5.52 Å². The van der Waals surface area contributed by atoms with Gasteiger partial charge in [0, 0.05) is 0 Å². The molecule has 0 aliphatic rings. The van der Waals surface area contributed by atoms with Gasteiger partial charge in [0.25, 0.3) is 6.01 Å². The van der Waals surface area contributed by atoms with Gasteiger partial charge in [-0.05, 0) is 30.7 Å². The minimum atomic E-state index is -0.921. The largest absolute Gasteiger partial charge is 0.481 e. The molecule has 1 atom stereocenters. The number of oxazole rings is 1. The maximum absolute atomic E-state index is 11.2. The molecule has 6 nitrogen and oxygen atoms in total. The van der Waals surface area contributed by atoms with E-state index in [1.54, 1.807) is 19.1 Å². The van der Waals surface area contributed by atoms with E-state index in [-0.39, 0.29) is 5.15 Å². The Balaban J connectivity index is 1.87. The number of fused-ring (bicyclic) bond motifs is 1. The molecule has 0 bridgehead atoms. The second-order valence-corrected chi connectivity index (χ2v) is 5.34. The fraction of sp³-hybridized carbons (Fsp3) is 0.188. The third-order valence-electron chi connectivity index (χ3n) is 3.47. The summed E-state index contributed by atoms with van der Waals surface area (Å²) in [6, 6.07) is 11.0. The summed E-state index contributed by atoms with van der Waals surface area (Å²) in [4.78, 5) is 19.7. The van der Waals surface area contributed by atoms with E-state index in [1.165, 1.54) is 0 Å². The first kappa shape index (κ1) is 15.3. The van der Waals surface area contributed by atoms with Crippen LogP contribution in [0.25, 0.3) is 11.1 Å². The minimum absolute atomic E-state index is 0.171. The number of anilines is 2. The summed E-state index contributed by atoms with van der Waals surface area (Å²) in [6.45, 7) is 1.79. The molecule has 0 fully saturated rings. The Hall–Kier alpha value is -2.60. The van der Waals surface area contributed by atoms with Gasteiger partial charge in [-0.15, -0.1) is 0 Å². The number of aromatic nitrogens is 2. The van der Waals surface area contributed by atoms with Crippen molar-refractivity contribution in [2.24, 2.45) is 0 Å². The summed E-state index contributed by atoms with van der Waals surface area (Å²) in [5.74, 6) is -1.60. The van der Waals surface area contributed by atoms with Crippen LogP contribution in [-0.2, 0) is 4.79 Å². The van der Waals surface area contributed by atoms with Crippen molar-refractivity contribution in [3.63, 3.8) is 0 Å². The molecule has 2 N–H and O–H groups in total. The number of carbonyl (C=O) groups is 1. The molecule has 0 saturated carbocycles. The van der Waals surface area contributed by atoms with E-state index < -0.39 is 11.9 Å². The van der Waals surface area contributed by atoms with E-state index in [2.05, 4.69) is 15.3 Å². The smallest absolute Gasteiger partial charge is 0.312 e. The first-order valence-corrected chi connectivity index (χ1v) is 7.48. The Morgan fingerprint density at radius 2 is 2.09 bits per heavy atom. The van der Waals surface area contributed by atoms with Crippen LogP contribution in [-0.4, -0.2) is 21.0 Å². The van der Waals surface area contributed by atoms with Gasteiger partial charge in [0.1, 0.15) is 5.52 Å². The Bertz CT molecular complexity index is 830. The van der Waals surface area contributed by atoms with Crippen LogP contribution in [0.2, 0.25) is 5.15 Å². The second-order valence-electron chi connectivity index (χ2n) is 4.99. The van der Waals surface area contributed by atoms with Crippen molar-refractivity contribution in [1.82, 2.24) is 9.97 Å². The average Bonchev–Trinajstić information content (AvgIpc) is 2.92. The van der Waals surface area contributed by atoms with Gasteiger partial charge in [-0.3, -0.25) is 4.79 Å². The molecule has 118 valence electrons. The van der Waals surface area contributed by atoms with Gasteiger partial charge in [0.05, 0.1) is 17.3 Å². The van der Waals surface area contributed by atoms with Crippen LogP contribution < -0.4 is 5.32 Å². The molecule has 3 aromatic rings. The number of carboxylic acid groups (broad SMARTS) is 1. The number of para-hydroxylation sites is 2. The lowest BCUT2D eigenvalue weighted by Gasteiger charge is -2.11. The molecule has 0 aliphatic heterocycles. The van der Waals surface area contributed by atoms with Crippen molar-refractivity contribution in [3.8, 4) is 0 Å². The summed E-state index contributed by atoms with van der Waals surface area (Å²) in [6.07, 6.45) is 0.441. The third-order valence-corrected chi connectivity index (χ3v) is 3.76. The minimum Gasteiger partial charge on any atom is -0.481 e. The van der Waals surface area contributed by atoms with Gasteiger partial charge in [0.2, 0.25) is 0 Å². The molecule has 0 amide bonds. The lowest BCUT2D eigenvalue weighted by Crippen LogP contribution is -2.12. The summed E-state index contributed by atoms with van der Waals surface area (Å²) in [5, 5.41) is 12.3. The summed E-state index contributed by atoms with van der Waals surface area (Å²) < 4.78 is 5.56. The lowest BCUT2D eigenvalue weighted by atomic mass is 10.0. The predicted molar refractivity (Wildman–Crippen MR) is 87.2 cm³/mol. The highest BCUT2D eigenvalue weighted by Crippen LogP contribution is 2.28. The maximum atomic E-state index is 11.2. The molecule has 1 unspecified atom stereocenters. The number of nitrogens with one attached hydrogen (secondary N) is 1. The van der Waals surface area contributed by atoms with Crippen molar-refractivity contribution in [2.75, 3.05) is 5.32 Å². The normalized spacial score (nSPS) is 12.3. The number of nitrogens with zero attached hydrogens (tertiary/aromatic N) is 2. The van der Waals surface area contributed by atoms with E-state index in [0.29, 0.717) is 29.4 Å². The third kappa shape index (κ3) is 3.12. The average molecular weight is 332 g/mol. The van der Waals surface area contributed by atoms with Crippen LogP contribution in [0.5, 0.6) is 0 Å². The first-order valence-electron chi connectivity index (χ1n) is 7.10. The van der Waals surface area contributed by atoms with Crippen LogP contribution in [0.1, 0.15) is 25.0 Å². The fourth-order valence-electron chi connectivity index (χ4n) is 2.29. The molecule has 0 aliphatic carbocycles. The van der Waals surface area contributed by atoms with Crippen LogP contribution in [0.15, 0.2) is 40.8 Å². The molecular weight excluding hydrogens is 318 g/mol. The molecular formula is C16H14ClN3O3. The highest BCUT2D eigenvalue weighted by atomic mass is 35.5. The van der Waals surface area contributed by atoms with Gasteiger partial charge in [-0.25, -0.2) is 4.98 Å². The monoisotopic (exact) mass is 331 g/mol. The molecule has 0 radical (unpaired) electrons. The van der Waals surface area contributed by atoms with Crippen molar-refractivity contribution in [3.05, 3.63) is 47.2 Å². The Kier molecular flexibility index (Phi) is 4.16. The summed E-state index contributed by atoms with van der Waals surface area (Å²) >= 11 is 6.15. The number of benzene rings is 1. The molecule has 3 rings (SSSR count). The van der Waals surface area contributed by atoms with Crippen molar-refractivity contribution < 1.29 is 14.3 Å². The van der Waals surface area contributed by atoms with Crippen molar-refractivity contribution in [2.45, 2.75) is 19.3 Å². The zero-order valence-corrected chi connectivity index (χ0v) is 13.0. The van der Waals surface area contributed by atoms with E-state index in [4.69, 9.17) is 16.0 Å². The van der Waals surface area contributed by atoms with Crippen LogP contribution in [0.3, 0.4) is 0 Å². The van der Waals surface area contributed by atoms with Crippen LogP contribution in [0.4, 0.5) is 11.7 Å². The number of hydrogen-bond donors (Lipinski definition) is 2. The molecule has 7 heteroatoms. The molecule has 0 saturated heterocycles. The quantitative estimate of drug-likeness (QED) is 0.681. The van der Waals surface area contributed by atoms with Gasteiger partial charge in [-0.2, -0.15) is 4.98 Å². The second kappa shape index (κ2) is 6.26. The van der Waals surface area contributed by atoms with E-state index in [1.807, 2.05) is 24.3 Å². The van der Waals surface area contributed by atoms with Gasteiger partial charge in [-0.1, -0.05) is 30.7 Å². The number of aliphatic carboxylic acids is 1. The number of carboxylic acids is 1. The summed E-state index contributed by atoms with van der Waals surface area (Å²) in [5.41, 5.74) is 2.32. The standard InChI is InChI=1S/C16H14ClN3O3/c1-2-9(15(21)22)10-7-8-12(14(17)18-10)20-16-19-11-5-3-4-6-13(11)23-16/h3-9H,2H2,1H3,(H,19,20)(H,21,22). The van der Waals surface area contributed by atoms with Crippen LogP contribution in [0, 0.1) is 0 Å². The van der Waals surface area contributed by atoms with Crippen LogP contribution >= 0.6 is 11.6 Å². The van der Waals surface area contributed by atoms with Crippen molar-refractivity contribution >= 4 is 40.4 Å². The lowest BCUT2D eigenvalue weighted by molar-refractivity contribution is -0.138. The maximum Gasteiger partial charge on any atom is 0.312 e. The summed E-state index contributed by atoms with van der Waals surface area (Å²) in [7, 11) is 0. The van der Waals surface area contributed by atoms with Gasteiger partial charge < -0.3 is 14.8 Å². The number of hydrogen-bond acceptors (Lipinski definition) is 5. The van der Waals surface area contributed by atoms with Gasteiger partial charge in [0.15, 0.2) is 10.7 Å². The topological polar surface area (TPSA) is 88.2 Å². The first-order chi connectivity index (χ1) is 11.1. The molecule has 2 heterocycles. The predicted octanol–water partition coefficient (Wildman–Crippen LogP) is 4.20. The Morgan fingerprint density at radius 3 is 2.74 bits per heavy atom. The van der Waals surface area contributed by atoms with E-state index >= 15 is 0 Å². The number of halogens is 1. The number of pyridine rings is 1. The van der Waals surface area contributed by atoms with Gasteiger partial charge >= 0.3 is 5.97 Å². The molecule has 1 aromatic carbocycles. The zero-order chi connectivity index (χ0) is 16.4. The zero-order valence-electron chi connectivity index (χ0n) is 12.3. The highest BCUT2D eigenvalue weighted by Gasteiger charge is 2.20. The molecule has 23 heavy (non-hydrogen) atoms. The highest BCUT2D eigenvalue weighted by molar-refractivity contribution is 6.32. The SMILES string of the molecule is CCC(C(=O)O)c1ccc(Nc2nc3ccccc3o2)c(Cl)n1. The Labute approximate surface area is 137 Å².